The van der Waals surface area contributed by atoms with Gasteiger partial charge in [0.1, 0.15) is 0 Å². The minimum absolute atomic E-state index is 0.235. The maximum atomic E-state index is 11.7. The van der Waals surface area contributed by atoms with Crippen molar-refractivity contribution in [3.05, 3.63) is 0 Å². The molecule has 2 N–H and O–H groups in total. The zero-order valence-corrected chi connectivity index (χ0v) is 9.97. The number of likely N-dealkylation sites (tertiary alicyclic amines) is 1. The summed E-state index contributed by atoms with van der Waals surface area (Å²) in [5.41, 5.74) is -0.359. The molecule has 1 saturated heterocycles. The van der Waals surface area contributed by atoms with E-state index in [1.54, 1.807) is 0 Å². The number of nitrogens with zero attached hydrogens (tertiary/aromatic N) is 1. The fourth-order valence-corrected chi connectivity index (χ4v) is 1.89. The molecule has 0 bridgehead atoms. The highest BCUT2D eigenvalue weighted by molar-refractivity contribution is 5.98. The quantitative estimate of drug-likeness (QED) is 0.677. The fourth-order valence-electron chi connectivity index (χ4n) is 1.89. The molecule has 1 fully saturated rings. The molecule has 1 aliphatic rings. The summed E-state index contributed by atoms with van der Waals surface area (Å²) in [7, 11) is 0. The first-order valence-corrected chi connectivity index (χ1v) is 5.44. The van der Waals surface area contributed by atoms with Gasteiger partial charge in [0.05, 0.1) is 19.1 Å². The molecular formula is C11H17NO5. The van der Waals surface area contributed by atoms with E-state index in [0.29, 0.717) is 0 Å². The van der Waals surface area contributed by atoms with Gasteiger partial charge in [-0.25, -0.2) is 0 Å². The van der Waals surface area contributed by atoms with Crippen molar-refractivity contribution in [1.29, 1.82) is 0 Å². The number of carboxylic acids is 1. The molecule has 0 spiro atoms. The number of β-amino-alcohol motifs (C(OH)–C–C–N with tert-alkyl or cyclic N) is 1. The third kappa shape index (κ3) is 3.81. The van der Waals surface area contributed by atoms with Gasteiger partial charge in [0.25, 0.3) is 0 Å². The van der Waals surface area contributed by atoms with E-state index in [1.165, 1.54) is 0 Å². The van der Waals surface area contributed by atoms with Gasteiger partial charge in [-0.2, -0.15) is 0 Å². The van der Waals surface area contributed by atoms with Crippen molar-refractivity contribution in [3.63, 3.8) is 0 Å². The van der Waals surface area contributed by atoms with Crippen LogP contribution in [0.25, 0.3) is 0 Å². The van der Waals surface area contributed by atoms with E-state index in [-0.39, 0.29) is 36.6 Å². The lowest BCUT2D eigenvalue weighted by Gasteiger charge is -2.35. The largest absolute Gasteiger partial charge is 0.481 e. The van der Waals surface area contributed by atoms with E-state index < -0.39 is 18.5 Å². The third-order valence-corrected chi connectivity index (χ3v) is 2.67. The molecule has 1 unspecified atom stereocenters. The van der Waals surface area contributed by atoms with Crippen molar-refractivity contribution < 1.29 is 24.6 Å². The highest BCUT2D eigenvalue weighted by atomic mass is 16.4. The Morgan fingerprint density at radius 2 is 1.82 bits per heavy atom. The molecule has 6 heteroatoms. The first-order chi connectivity index (χ1) is 7.71. The summed E-state index contributed by atoms with van der Waals surface area (Å²) in [6.45, 7) is 3.42. The molecule has 1 atom stereocenters. The number of carbonyl (C=O) groups is 3. The lowest BCUT2D eigenvalue weighted by atomic mass is 9.81. The molecular weight excluding hydrogens is 226 g/mol. The highest BCUT2D eigenvalue weighted by Crippen LogP contribution is 2.31. The Bertz CT molecular complexity index is 330. The van der Waals surface area contributed by atoms with E-state index in [1.807, 2.05) is 13.8 Å². The van der Waals surface area contributed by atoms with Crippen molar-refractivity contribution in [2.24, 2.45) is 5.41 Å². The zero-order valence-electron chi connectivity index (χ0n) is 9.97. The van der Waals surface area contributed by atoms with Crippen LogP contribution in [0.4, 0.5) is 0 Å². The topological polar surface area (TPSA) is 94.9 Å². The van der Waals surface area contributed by atoms with Crippen molar-refractivity contribution >= 4 is 17.8 Å². The van der Waals surface area contributed by atoms with Gasteiger partial charge < -0.3 is 10.2 Å². The Hall–Kier alpha value is -1.43. The summed E-state index contributed by atoms with van der Waals surface area (Å²) >= 11 is 0. The SMILES string of the molecule is CC1(C)CC(=O)N(CC(O)CC(=O)O)C(=O)C1. The average Bonchev–Trinajstić information content (AvgIpc) is 2.08. The van der Waals surface area contributed by atoms with Crippen molar-refractivity contribution in [2.45, 2.75) is 39.2 Å². The van der Waals surface area contributed by atoms with Gasteiger partial charge in [0.15, 0.2) is 0 Å². The predicted octanol–water partition coefficient (Wildman–Crippen LogP) is -0.00280. The smallest absolute Gasteiger partial charge is 0.306 e. The number of hydrogen-bond donors (Lipinski definition) is 2. The molecule has 2 amide bonds. The van der Waals surface area contributed by atoms with Crippen LogP contribution in [0, 0.1) is 5.41 Å². The number of hydrogen-bond acceptors (Lipinski definition) is 4. The fraction of sp³-hybridized carbons (Fsp3) is 0.727. The molecule has 17 heavy (non-hydrogen) atoms. The summed E-state index contributed by atoms with van der Waals surface area (Å²) in [6.07, 6.45) is -1.21. The van der Waals surface area contributed by atoms with Crippen LogP contribution in [0.3, 0.4) is 0 Å². The molecule has 0 aromatic rings. The number of aliphatic hydroxyl groups excluding tert-OH is 1. The lowest BCUT2D eigenvalue weighted by Crippen LogP contribution is -2.49. The second kappa shape index (κ2) is 4.83. The second-order valence-corrected chi connectivity index (χ2v) is 5.17. The minimum Gasteiger partial charge on any atom is -0.481 e. The number of imide groups is 1. The van der Waals surface area contributed by atoms with Crippen molar-refractivity contribution in [3.8, 4) is 0 Å². The van der Waals surface area contributed by atoms with Crippen LogP contribution in [0.2, 0.25) is 0 Å². The predicted molar refractivity (Wildman–Crippen MR) is 58.0 cm³/mol. The number of aliphatic hydroxyl groups is 1. The van der Waals surface area contributed by atoms with E-state index in [0.717, 1.165) is 4.90 Å². The molecule has 0 saturated carbocycles. The molecule has 96 valence electrons. The summed E-state index contributed by atoms with van der Waals surface area (Å²) in [5, 5.41) is 17.9. The van der Waals surface area contributed by atoms with Crippen LogP contribution in [0.5, 0.6) is 0 Å². The first-order valence-electron chi connectivity index (χ1n) is 5.44. The summed E-state index contributed by atoms with van der Waals surface area (Å²) in [4.78, 5) is 34.7. The normalized spacial score (nSPS) is 21.5. The average molecular weight is 243 g/mol. The summed E-state index contributed by atoms with van der Waals surface area (Å²) in [6, 6.07) is 0. The van der Waals surface area contributed by atoms with Crippen LogP contribution in [0.1, 0.15) is 33.1 Å². The van der Waals surface area contributed by atoms with Gasteiger partial charge in [-0.15, -0.1) is 0 Å². The van der Waals surface area contributed by atoms with E-state index in [9.17, 15) is 19.5 Å². The summed E-state index contributed by atoms with van der Waals surface area (Å²) < 4.78 is 0. The van der Waals surface area contributed by atoms with Gasteiger partial charge >= 0.3 is 5.97 Å². The van der Waals surface area contributed by atoms with E-state index in [2.05, 4.69) is 0 Å². The standard InChI is InChI=1S/C11H17NO5/c1-11(2)4-8(14)12(9(15)5-11)6-7(13)3-10(16)17/h7,13H,3-6H2,1-2H3,(H,16,17). The molecule has 1 rings (SSSR count). The zero-order chi connectivity index (χ0) is 13.2. The Labute approximate surface area is 99.2 Å². The third-order valence-electron chi connectivity index (χ3n) is 2.67. The number of piperidine rings is 1. The maximum Gasteiger partial charge on any atom is 0.306 e. The molecule has 6 nitrogen and oxygen atoms in total. The van der Waals surface area contributed by atoms with Gasteiger partial charge in [-0.3, -0.25) is 19.3 Å². The summed E-state index contributed by atoms with van der Waals surface area (Å²) in [5.74, 6) is -1.86. The number of carboxylic acid groups (broad SMARTS) is 1. The second-order valence-electron chi connectivity index (χ2n) is 5.17. The van der Waals surface area contributed by atoms with Crippen LogP contribution in [-0.2, 0) is 14.4 Å². The number of amides is 2. The molecule has 0 aromatic heterocycles. The maximum absolute atomic E-state index is 11.7. The Morgan fingerprint density at radius 3 is 2.24 bits per heavy atom. The van der Waals surface area contributed by atoms with Gasteiger partial charge in [0, 0.05) is 12.8 Å². The van der Waals surface area contributed by atoms with Gasteiger partial charge in [-0.05, 0) is 5.41 Å². The highest BCUT2D eigenvalue weighted by Gasteiger charge is 2.38. The van der Waals surface area contributed by atoms with Crippen molar-refractivity contribution in [1.82, 2.24) is 4.90 Å². The van der Waals surface area contributed by atoms with Crippen molar-refractivity contribution in [2.75, 3.05) is 6.54 Å². The Balaban J connectivity index is 2.63. The number of rotatable bonds is 4. The van der Waals surface area contributed by atoms with E-state index >= 15 is 0 Å². The Morgan fingerprint density at radius 1 is 1.35 bits per heavy atom. The van der Waals surface area contributed by atoms with Crippen LogP contribution in [0.15, 0.2) is 0 Å². The van der Waals surface area contributed by atoms with E-state index in [4.69, 9.17) is 5.11 Å². The molecule has 1 aliphatic heterocycles. The number of carbonyl (C=O) groups excluding carboxylic acids is 2. The molecule has 0 radical (unpaired) electrons. The first kappa shape index (κ1) is 13.6. The van der Waals surface area contributed by atoms with Crippen LogP contribution in [-0.4, -0.2) is 45.5 Å². The molecule has 0 aliphatic carbocycles. The van der Waals surface area contributed by atoms with Crippen LogP contribution >= 0.6 is 0 Å². The monoisotopic (exact) mass is 243 g/mol. The van der Waals surface area contributed by atoms with Gasteiger partial charge in [-0.1, -0.05) is 13.8 Å². The molecule has 1 heterocycles. The Kier molecular flexibility index (Phi) is 3.87. The van der Waals surface area contributed by atoms with Gasteiger partial charge in [0.2, 0.25) is 11.8 Å². The molecule has 0 aromatic carbocycles. The van der Waals surface area contributed by atoms with Crippen LogP contribution < -0.4 is 0 Å². The lowest BCUT2D eigenvalue weighted by molar-refractivity contribution is -0.155. The number of aliphatic carboxylic acids is 1. The minimum atomic E-state index is -1.21.